The molecule has 1 aliphatic heterocycles. The third kappa shape index (κ3) is 5.90. The van der Waals surface area contributed by atoms with Crippen molar-refractivity contribution in [2.75, 3.05) is 13.1 Å². The lowest BCUT2D eigenvalue weighted by molar-refractivity contribution is 0.163. The minimum absolute atomic E-state index is 0.113. The van der Waals surface area contributed by atoms with Crippen molar-refractivity contribution >= 4 is 20.0 Å². The highest BCUT2D eigenvalue weighted by Gasteiger charge is 2.41. The van der Waals surface area contributed by atoms with E-state index in [0.717, 1.165) is 24.0 Å². The van der Waals surface area contributed by atoms with E-state index in [1.807, 2.05) is 24.3 Å². The molecule has 0 spiro atoms. The average molecular weight is 507 g/mol. The van der Waals surface area contributed by atoms with Gasteiger partial charge < -0.3 is 0 Å². The molecule has 2 aromatic carbocycles. The van der Waals surface area contributed by atoms with Crippen molar-refractivity contribution in [2.24, 2.45) is 11.8 Å². The SMILES string of the molecule is CC(C)Cc1ccc(S(=O)(=O)N2CC(C)N(S(=O)(=O)c3ccc(CC(C)C)cc3)CC2C)cc1. The number of rotatable bonds is 8. The molecule has 188 valence electrons. The predicted molar refractivity (Wildman–Crippen MR) is 137 cm³/mol. The fourth-order valence-electron chi connectivity index (χ4n) is 4.54. The molecular formula is C26H38N2O4S2. The van der Waals surface area contributed by atoms with Crippen molar-refractivity contribution in [3.05, 3.63) is 59.7 Å². The molecule has 0 radical (unpaired) electrons. The van der Waals surface area contributed by atoms with E-state index in [2.05, 4.69) is 27.7 Å². The van der Waals surface area contributed by atoms with Crippen LogP contribution in [0.1, 0.15) is 52.7 Å². The van der Waals surface area contributed by atoms with E-state index < -0.39 is 32.1 Å². The van der Waals surface area contributed by atoms with Gasteiger partial charge in [-0.05, 0) is 73.9 Å². The number of nitrogens with zero attached hydrogens (tertiary/aromatic N) is 2. The molecule has 1 saturated heterocycles. The van der Waals surface area contributed by atoms with Gasteiger partial charge in [-0.15, -0.1) is 0 Å². The summed E-state index contributed by atoms with van der Waals surface area (Å²) in [6.07, 6.45) is 1.78. The predicted octanol–water partition coefficient (Wildman–Crippen LogP) is 4.56. The third-order valence-electron chi connectivity index (χ3n) is 6.22. The van der Waals surface area contributed by atoms with Gasteiger partial charge in [0, 0.05) is 25.2 Å². The summed E-state index contributed by atoms with van der Waals surface area (Å²) in [5.41, 5.74) is 2.20. The molecule has 1 aliphatic rings. The summed E-state index contributed by atoms with van der Waals surface area (Å²) in [6.45, 7) is 12.3. The highest BCUT2D eigenvalue weighted by molar-refractivity contribution is 7.89. The molecule has 3 rings (SSSR count). The fraction of sp³-hybridized carbons (Fsp3) is 0.538. The van der Waals surface area contributed by atoms with Crippen LogP contribution in [-0.2, 0) is 32.9 Å². The van der Waals surface area contributed by atoms with E-state index in [-0.39, 0.29) is 22.9 Å². The Morgan fingerprint density at radius 3 is 1.21 bits per heavy atom. The van der Waals surface area contributed by atoms with Gasteiger partial charge in [0.05, 0.1) is 9.79 Å². The Kier molecular flexibility index (Phi) is 8.28. The van der Waals surface area contributed by atoms with Crippen molar-refractivity contribution < 1.29 is 16.8 Å². The van der Waals surface area contributed by atoms with Crippen LogP contribution < -0.4 is 0 Å². The Hall–Kier alpha value is -1.74. The largest absolute Gasteiger partial charge is 0.243 e. The van der Waals surface area contributed by atoms with Crippen LogP contribution >= 0.6 is 0 Å². The first-order valence-corrected chi connectivity index (χ1v) is 14.9. The monoisotopic (exact) mass is 506 g/mol. The molecule has 6 nitrogen and oxygen atoms in total. The summed E-state index contributed by atoms with van der Waals surface area (Å²) in [5.74, 6) is 0.981. The minimum atomic E-state index is -3.73. The average Bonchev–Trinajstić information content (AvgIpc) is 2.75. The topological polar surface area (TPSA) is 74.8 Å². The van der Waals surface area contributed by atoms with Gasteiger partial charge in [0.2, 0.25) is 20.0 Å². The van der Waals surface area contributed by atoms with Crippen molar-refractivity contribution in [2.45, 2.75) is 76.3 Å². The zero-order valence-electron chi connectivity index (χ0n) is 21.1. The zero-order chi connectivity index (χ0) is 25.3. The Morgan fingerprint density at radius 1 is 0.647 bits per heavy atom. The highest BCUT2D eigenvalue weighted by atomic mass is 32.2. The maximum Gasteiger partial charge on any atom is 0.243 e. The Bertz CT molecular complexity index is 1080. The van der Waals surface area contributed by atoms with Crippen LogP contribution in [0.3, 0.4) is 0 Å². The lowest BCUT2D eigenvalue weighted by Crippen LogP contribution is -2.59. The number of hydrogen-bond acceptors (Lipinski definition) is 4. The first-order valence-electron chi connectivity index (χ1n) is 12.0. The summed E-state index contributed by atoms with van der Waals surface area (Å²) in [6, 6.07) is 13.1. The molecule has 0 aliphatic carbocycles. The van der Waals surface area contributed by atoms with E-state index in [1.165, 1.54) is 8.61 Å². The molecule has 34 heavy (non-hydrogen) atoms. The summed E-state index contributed by atoms with van der Waals surface area (Å²) in [4.78, 5) is 0.493. The van der Waals surface area contributed by atoms with Crippen molar-refractivity contribution in [3.63, 3.8) is 0 Å². The molecule has 0 bridgehead atoms. The second-order valence-corrected chi connectivity index (χ2v) is 14.1. The van der Waals surface area contributed by atoms with Gasteiger partial charge in [-0.25, -0.2) is 16.8 Å². The molecule has 1 heterocycles. The maximum absolute atomic E-state index is 13.4. The van der Waals surface area contributed by atoms with E-state index in [0.29, 0.717) is 11.8 Å². The van der Waals surface area contributed by atoms with Gasteiger partial charge >= 0.3 is 0 Å². The van der Waals surface area contributed by atoms with Gasteiger partial charge in [-0.2, -0.15) is 8.61 Å². The lowest BCUT2D eigenvalue weighted by Gasteiger charge is -2.42. The molecular weight excluding hydrogens is 468 g/mol. The molecule has 0 saturated carbocycles. The normalized spacial score (nSPS) is 20.8. The standard InChI is InChI=1S/C26H38N2O4S2/c1-19(2)15-23-7-11-25(12-8-23)33(29,30)27-17-22(6)28(18-21(27)5)34(31,32)26-13-9-24(10-14-26)16-20(3)4/h7-14,19-22H,15-18H2,1-6H3. The third-order valence-corrected chi connectivity index (χ3v) is 10.2. The number of sulfonamides is 2. The molecule has 2 unspecified atom stereocenters. The first kappa shape index (κ1) is 26.9. The number of benzene rings is 2. The van der Waals surface area contributed by atoms with E-state index in [9.17, 15) is 16.8 Å². The van der Waals surface area contributed by atoms with Crippen molar-refractivity contribution in [1.29, 1.82) is 0 Å². The van der Waals surface area contributed by atoms with Gasteiger partial charge in [0.15, 0.2) is 0 Å². The number of piperazine rings is 1. The van der Waals surface area contributed by atoms with Gasteiger partial charge in [-0.3, -0.25) is 0 Å². The van der Waals surface area contributed by atoms with Gasteiger partial charge in [0.25, 0.3) is 0 Å². The van der Waals surface area contributed by atoms with E-state index in [4.69, 9.17) is 0 Å². The first-order chi connectivity index (χ1) is 15.8. The Labute approximate surface area is 206 Å². The summed E-state index contributed by atoms with van der Waals surface area (Å²) < 4.78 is 56.4. The quantitative estimate of drug-likeness (QED) is 0.526. The number of hydrogen-bond donors (Lipinski definition) is 0. The van der Waals surface area contributed by atoms with Crippen LogP contribution in [-0.4, -0.2) is 50.6 Å². The molecule has 0 amide bonds. The molecule has 0 N–H and O–H groups in total. The lowest BCUT2D eigenvalue weighted by atomic mass is 10.0. The Balaban J connectivity index is 1.79. The van der Waals surface area contributed by atoms with Crippen LogP contribution in [0.25, 0.3) is 0 Å². The minimum Gasteiger partial charge on any atom is -0.207 e. The highest BCUT2D eigenvalue weighted by Crippen LogP contribution is 2.29. The van der Waals surface area contributed by atoms with Crippen LogP contribution in [0.4, 0.5) is 0 Å². The Morgan fingerprint density at radius 2 is 0.941 bits per heavy atom. The molecule has 8 heteroatoms. The van der Waals surface area contributed by atoms with E-state index in [1.54, 1.807) is 38.1 Å². The van der Waals surface area contributed by atoms with Crippen molar-refractivity contribution in [1.82, 2.24) is 8.61 Å². The molecule has 1 fully saturated rings. The summed E-state index contributed by atoms with van der Waals surface area (Å²) in [5, 5.41) is 0. The second-order valence-electron chi connectivity index (χ2n) is 10.3. The smallest absolute Gasteiger partial charge is 0.207 e. The van der Waals surface area contributed by atoms with Crippen LogP contribution in [0.15, 0.2) is 58.3 Å². The molecule has 0 aromatic heterocycles. The molecule has 2 aromatic rings. The van der Waals surface area contributed by atoms with Crippen molar-refractivity contribution in [3.8, 4) is 0 Å². The van der Waals surface area contributed by atoms with Crippen LogP contribution in [0, 0.1) is 11.8 Å². The van der Waals surface area contributed by atoms with Crippen LogP contribution in [0.2, 0.25) is 0 Å². The maximum atomic E-state index is 13.4. The zero-order valence-corrected chi connectivity index (χ0v) is 22.7. The summed E-state index contributed by atoms with van der Waals surface area (Å²) >= 11 is 0. The van der Waals surface area contributed by atoms with E-state index >= 15 is 0 Å². The second kappa shape index (κ2) is 10.5. The summed E-state index contributed by atoms with van der Waals surface area (Å²) in [7, 11) is -7.46. The molecule has 2 atom stereocenters. The van der Waals surface area contributed by atoms with Gasteiger partial charge in [-0.1, -0.05) is 52.0 Å². The fourth-order valence-corrected chi connectivity index (χ4v) is 7.95. The van der Waals surface area contributed by atoms with Gasteiger partial charge in [0.1, 0.15) is 0 Å². The van der Waals surface area contributed by atoms with Crippen LogP contribution in [0.5, 0.6) is 0 Å².